The highest BCUT2D eigenvalue weighted by atomic mass is 15.3. The van der Waals surface area contributed by atoms with Crippen LogP contribution >= 0.6 is 0 Å². The Morgan fingerprint density at radius 2 is 2.00 bits per heavy atom. The molecule has 0 aliphatic carbocycles. The molecule has 2 heterocycles. The maximum absolute atomic E-state index is 4.71. The van der Waals surface area contributed by atoms with Crippen molar-refractivity contribution in [2.45, 2.75) is 25.4 Å². The second-order valence-corrected chi connectivity index (χ2v) is 6.08. The van der Waals surface area contributed by atoms with Crippen LogP contribution < -0.4 is 0 Å². The molecule has 2 aromatic rings. The molecule has 1 fully saturated rings. The van der Waals surface area contributed by atoms with Crippen LogP contribution in [-0.2, 0) is 6.54 Å². The van der Waals surface area contributed by atoms with Gasteiger partial charge in [-0.1, -0.05) is 18.2 Å². The number of likely N-dealkylation sites (tertiary alicyclic amines) is 1. The van der Waals surface area contributed by atoms with Gasteiger partial charge in [0.05, 0.1) is 11.4 Å². The van der Waals surface area contributed by atoms with E-state index >= 15 is 0 Å². The molecule has 112 valence electrons. The molecule has 3 rings (SSSR count). The molecule has 0 spiro atoms. The van der Waals surface area contributed by atoms with Crippen molar-refractivity contribution in [2.75, 3.05) is 27.2 Å². The lowest BCUT2D eigenvalue weighted by atomic mass is 10.0. The molecule has 0 amide bonds. The van der Waals surface area contributed by atoms with Crippen molar-refractivity contribution in [3.63, 3.8) is 0 Å². The van der Waals surface area contributed by atoms with Crippen LogP contribution in [0.3, 0.4) is 0 Å². The summed E-state index contributed by atoms with van der Waals surface area (Å²) < 4.78 is 1.96. The number of hydrogen-bond donors (Lipinski definition) is 0. The monoisotopic (exact) mass is 284 g/mol. The Bertz CT molecular complexity index is 561. The van der Waals surface area contributed by atoms with Crippen LogP contribution in [0.1, 0.15) is 18.5 Å². The minimum atomic E-state index is 0.676. The summed E-state index contributed by atoms with van der Waals surface area (Å²) in [6.45, 7) is 3.28. The molecule has 1 aliphatic rings. The first-order valence-corrected chi connectivity index (χ1v) is 7.71. The lowest BCUT2D eigenvalue weighted by molar-refractivity contribution is 0.126. The third-order valence-corrected chi connectivity index (χ3v) is 4.26. The maximum Gasteiger partial charge on any atom is 0.0769 e. The van der Waals surface area contributed by atoms with E-state index in [-0.39, 0.29) is 0 Å². The number of benzene rings is 1. The van der Waals surface area contributed by atoms with E-state index in [9.17, 15) is 0 Å². The lowest BCUT2D eigenvalue weighted by Gasteiger charge is -2.35. The zero-order chi connectivity index (χ0) is 14.7. The van der Waals surface area contributed by atoms with E-state index in [1.807, 2.05) is 22.9 Å². The summed E-state index contributed by atoms with van der Waals surface area (Å²) in [7, 11) is 4.36. The third kappa shape index (κ3) is 3.52. The van der Waals surface area contributed by atoms with Gasteiger partial charge in [0.25, 0.3) is 0 Å². The Morgan fingerprint density at radius 3 is 2.76 bits per heavy atom. The van der Waals surface area contributed by atoms with E-state index in [0.29, 0.717) is 6.04 Å². The number of nitrogens with zero attached hydrogens (tertiary/aromatic N) is 4. The highest BCUT2D eigenvalue weighted by Crippen LogP contribution is 2.16. The third-order valence-electron chi connectivity index (χ3n) is 4.26. The highest BCUT2D eigenvalue weighted by Gasteiger charge is 2.21. The Hall–Kier alpha value is -1.65. The van der Waals surface area contributed by atoms with Crippen molar-refractivity contribution in [3.8, 4) is 5.69 Å². The summed E-state index contributed by atoms with van der Waals surface area (Å²) in [5, 5.41) is 4.71. The summed E-state index contributed by atoms with van der Waals surface area (Å²) in [5.74, 6) is 0. The predicted octanol–water partition coefficient (Wildman–Crippen LogP) is 2.40. The number of para-hydroxylation sites is 1. The van der Waals surface area contributed by atoms with E-state index in [0.717, 1.165) is 24.5 Å². The summed E-state index contributed by atoms with van der Waals surface area (Å²) in [6.07, 6.45) is 4.64. The van der Waals surface area contributed by atoms with Crippen LogP contribution in [0.5, 0.6) is 0 Å². The van der Waals surface area contributed by atoms with Gasteiger partial charge in [0.1, 0.15) is 0 Å². The SMILES string of the molecule is CN(C)C1CCCN(Cc2ccn(-c3ccccc3)n2)C1. The van der Waals surface area contributed by atoms with Crippen LogP contribution in [0.25, 0.3) is 5.69 Å². The van der Waals surface area contributed by atoms with Gasteiger partial charge in [0.15, 0.2) is 0 Å². The fraction of sp³-hybridized carbons (Fsp3) is 0.471. The zero-order valence-corrected chi connectivity index (χ0v) is 12.9. The molecule has 1 aromatic heterocycles. The van der Waals surface area contributed by atoms with E-state index in [1.165, 1.54) is 19.4 Å². The van der Waals surface area contributed by atoms with Crippen LogP contribution in [0.15, 0.2) is 42.6 Å². The van der Waals surface area contributed by atoms with Crippen molar-refractivity contribution in [1.29, 1.82) is 0 Å². The van der Waals surface area contributed by atoms with E-state index < -0.39 is 0 Å². The number of rotatable bonds is 4. The molecule has 21 heavy (non-hydrogen) atoms. The highest BCUT2D eigenvalue weighted by molar-refractivity contribution is 5.30. The molecule has 0 bridgehead atoms. The van der Waals surface area contributed by atoms with Gasteiger partial charge in [-0.3, -0.25) is 4.90 Å². The van der Waals surface area contributed by atoms with Gasteiger partial charge in [0.2, 0.25) is 0 Å². The number of likely N-dealkylation sites (N-methyl/N-ethyl adjacent to an activating group) is 1. The smallest absolute Gasteiger partial charge is 0.0769 e. The lowest BCUT2D eigenvalue weighted by Crippen LogP contribution is -2.44. The fourth-order valence-electron chi connectivity index (χ4n) is 3.00. The largest absolute Gasteiger partial charge is 0.305 e. The Labute approximate surface area is 127 Å². The topological polar surface area (TPSA) is 24.3 Å². The first-order chi connectivity index (χ1) is 10.2. The first kappa shape index (κ1) is 14.3. The first-order valence-electron chi connectivity index (χ1n) is 7.71. The summed E-state index contributed by atoms with van der Waals surface area (Å²) in [4.78, 5) is 4.86. The second kappa shape index (κ2) is 6.41. The van der Waals surface area contributed by atoms with Gasteiger partial charge in [-0.05, 0) is 51.7 Å². The minimum Gasteiger partial charge on any atom is -0.305 e. The molecular formula is C17H24N4. The Kier molecular flexibility index (Phi) is 4.36. The van der Waals surface area contributed by atoms with Crippen molar-refractivity contribution in [1.82, 2.24) is 19.6 Å². The average molecular weight is 284 g/mol. The number of aromatic nitrogens is 2. The molecule has 4 heteroatoms. The minimum absolute atomic E-state index is 0.676. The van der Waals surface area contributed by atoms with Crippen LogP contribution in [-0.4, -0.2) is 52.8 Å². The molecule has 1 saturated heterocycles. The van der Waals surface area contributed by atoms with Gasteiger partial charge < -0.3 is 4.90 Å². The van der Waals surface area contributed by atoms with Crippen molar-refractivity contribution in [2.24, 2.45) is 0 Å². The molecular weight excluding hydrogens is 260 g/mol. The van der Waals surface area contributed by atoms with Crippen molar-refractivity contribution >= 4 is 0 Å². The van der Waals surface area contributed by atoms with Crippen molar-refractivity contribution < 1.29 is 0 Å². The van der Waals surface area contributed by atoms with E-state index in [4.69, 9.17) is 5.10 Å². The average Bonchev–Trinajstić information content (AvgIpc) is 2.97. The molecule has 1 atom stereocenters. The summed E-state index contributed by atoms with van der Waals surface area (Å²) in [6, 6.07) is 13.1. The summed E-state index contributed by atoms with van der Waals surface area (Å²) in [5.41, 5.74) is 2.27. The zero-order valence-electron chi connectivity index (χ0n) is 12.9. The molecule has 4 nitrogen and oxygen atoms in total. The van der Waals surface area contributed by atoms with Crippen LogP contribution in [0.4, 0.5) is 0 Å². The maximum atomic E-state index is 4.71. The van der Waals surface area contributed by atoms with Crippen molar-refractivity contribution in [3.05, 3.63) is 48.3 Å². The van der Waals surface area contributed by atoms with Gasteiger partial charge in [-0.2, -0.15) is 5.10 Å². The standard InChI is InChI=1S/C17H24N4/c1-19(2)17-9-6-11-20(14-17)13-15-10-12-21(18-15)16-7-4-3-5-8-16/h3-5,7-8,10,12,17H,6,9,11,13-14H2,1-2H3. The molecule has 0 radical (unpaired) electrons. The number of hydrogen-bond acceptors (Lipinski definition) is 3. The Balaban J connectivity index is 1.65. The second-order valence-electron chi connectivity index (χ2n) is 6.08. The molecule has 0 saturated carbocycles. The molecule has 0 N–H and O–H groups in total. The quantitative estimate of drug-likeness (QED) is 0.861. The summed E-state index contributed by atoms with van der Waals surface area (Å²) >= 11 is 0. The van der Waals surface area contributed by atoms with E-state index in [2.05, 4.69) is 48.3 Å². The molecule has 1 unspecified atom stereocenters. The fourth-order valence-corrected chi connectivity index (χ4v) is 3.00. The predicted molar refractivity (Wildman–Crippen MR) is 85.6 cm³/mol. The van der Waals surface area contributed by atoms with Gasteiger partial charge in [-0.15, -0.1) is 0 Å². The van der Waals surface area contributed by atoms with Crippen LogP contribution in [0, 0.1) is 0 Å². The van der Waals surface area contributed by atoms with Gasteiger partial charge >= 0.3 is 0 Å². The van der Waals surface area contributed by atoms with Crippen LogP contribution in [0.2, 0.25) is 0 Å². The Morgan fingerprint density at radius 1 is 1.19 bits per heavy atom. The normalized spacial score (nSPS) is 20.0. The van der Waals surface area contributed by atoms with Gasteiger partial charge in [-0.25, -0.2) is 4.68 Å². The van der Waals surface area contributed by atoms with E-state index in [1.54, 1.807) is 0 Å². The molecule has 1 aromatic carbocycles. The number of piperidine rings is 1. The molecule has 1 aliphatic heterocycles. The van der Waals surface area contributed by atoms with Gasteiger partial charge in [0, 0.05) is 25.3 Å².